The summed E-state index contributed by atoms with van der Waals surface area (Å²) in [6.45, 7) is 3.02. The van der Waals surface area contributed by atoms with Crippen molar-refractivity contribution in [2.24, 2.45) is 0 Å². The van der Waals surface area contributed by atoms with Gasteiger partial charge in [-0.2, -0.15) is 5.10 Å². The van der Waals surface area contributed by atoms with Crippen molar-refractivity contribution in [2.75, 3.05) is 0 Å². The topological polar surface area (TPSA) is 43.6 Å². The van der Waals surface area contributed by atoms with Crippen LogP contribution in [0.5, 0.6) is 0 Å². The van der Waals surface area contributed by atoms with E-state index in [1.165, 1.54) is 0 Å². The molecule has 0 saturated heterocycles. The van der Waals surface area contributed by atoms with E-state index < -0.39 is 5.82 Å². The number of aryl methyl sites for hydroxylation is 1. The minimum absolute atomic E-state index is 0.0534. The molecule has 3 rings (SSSR count). The van der Waals surface area contributed by atoms with Gasteiger partial charge < -0.3 is 0 Å². The van der Waals surface area contributed by atoms with Crippen molar-refractivity contribution in [1.29, 1.82) is 0 Å². The summed E-state index contributed by atoms with van der Waals surface area (Å²) < 4.78 is 15.9. The molecule has 1 atom stereocenters. The Kier molecular flexibility index (Phi) is 3.22. The number of aromatic nitrogens is 4. The maximum absolute atomic E-state index is 13.9. The summed E-state index contributed by atoms with van der Waals surface area (Å²) in [6, 6.07) is 0. The van der Waals surface area contributed by atoms with Gasteiger partial charge in [-0.25, -0.2) is 14.4 Å². The lowest BCUT2D eigenvalue weighted by Crippen LogP contribution is -2.05. The van der Waals surface area contributed by atoms with E-state index in [0.29, 0.717) is 5.92 Å². The molecule has 19 heavy (non-hydrogen) atoms. The third-order valence-corrected chi connectivity index (χ3v) is 3.76. The molecule has 0 aliphatic carbocycles. The molecule has 0 N–H and O–H groups in total. The Morgan fingerprint density at radius 1 is 1.37 bits per heavy atom. The fourth-order valence-corrected chi connectivity index (χ4v) is 2.79. The molecule has 0 radical (unpaired) electrons. The van der Waals surface area contributed by atoms with Crippen molar-refractivity contribution in [3.05, 3.63) is 29.2 Å². The van der Waals surface area contributed by atoms with Gasteiger partial charge in [0.2, 0.25) is 5.28 Å². The van der Waals surface area contributed by atoms with Gasteiger partial charge in [0.25, 0.3) is 0 Å². The molecule has 6 heteroatoms. The van der Waals surface area contributed by atoms with Gasteiger partial charge in [0.15, 0.2) is 5.82 Å². The highest BCUT2D eigenvalue weighted by atomic mass is 35.5. The van der Waals surface area contributed by atoms with Crippen molar-refractivity contribution >= 4 is 11.6 Å². The Morgan fingerprint density at radius 2 is 2.21 bits per heavy atom. The zero-order valence-electron chi connectivity index (χ0n) is 10.6. The summed E-state index contributed by atoms with van der Waals surface area (Å²) >= 11 is 5.77. The van der Waals surface area contributed by atoms with Crippen molar-refractivity contribution in [1.82, 2.24) is 19.7 Å². The van der Waals surface area contributed by atoms with Crippen LogP contribution in [0.3, 0.4) is 0 Å². The highest BCUT2D eigenvalue weighted by Gasteiger charge is 2.23. The molecule has 0 unspecified atom stereocenters. The predicted molar refractivity (Wildman–Crippen MR) is 70.5 cm³/mol. The zero-order chi connectivity index (χ0) is 13.4. The van der Waals surface area contributed by atoms with Crippen LogP contribution in [0.2, 0.25) is 5.28 Å². The molecule has 1 aliphatic heterocycles. The monoisotopic (exact) mass is 280 g/mol. The third-order valence-electron chi connectivity index (χ3n) is 3.57. The molecule has 0 fully saturated rings. The van der Waals surface area contributed by atoms with Gasteiger partial charge in [-0.05, 0) is 30.4 Å². The minimum atomic E-state index is -0.461. The second kappa shape index (κ2) is 4.89. The van der Waals surface area contributed by atoms with E-state index in [1.807, 2.05) is 4.68 Å². The molecule has 0 saturated carbocycles. The number of halogens is 2. The number of nitrogens with zero attached hydrogens (tertiary/aromatic N) is 4. The van der Waals surface area contributed by atoms with Gasteiger partial charge in [-0.1, -0.05) is 13.3 Å². The highest BCUT2D eigenvalue weighted by Crippen LogP contribution is 2.34. The van der Waals surface area contributed by atoms with Crippen LogP contribution in [-0.2, 0) is 6.54 Å². The fourth-order valence-electron chi connectivity index (χ4n) is 2.66. The van der Waals surface area contributed by atoms with Gasteiger partial charge in [0, 0.05) is 12.1 Å². The molecule has 4 nitrogen and oxygen atoms in total. The van der Waals surface area contributed by atoms with Crippen molar-refractivity contribution in [3.63, 3.8) is 0 Å². The van der Waals surface area contributed by atoms with Gasteiger partial charge >= 0.3 is 0 Å². The molecular formula is C13H14ClFN4. The molecule has 2 aromatic heterocycles. The minimum Gasteiger partial charge on any atom is -0.269 e. The van der Waals surface area contributed by atoms with E-state index in [9.17, 15) is 4.39 Å². The Balaban J connectivity index is 2.16. The number of hydrogen-bond acceptors (Lipinski definition) is 3. The molecule has 100 valence electrons. The first kappa shape index (κ1) is 12.5. The molecule has 0 bridgehead atoms. The Bertz CT molecular complexity index is 611. The predicted octanol–water partition coefficient (Wildman–Crippen LogP) is 3.42. The van der Waals surface area contributed by atoms with E-state index in [2.05, 4.69) is 22.0 Å². The first-order valence-electron chi connectivity index (χ1n) is 6.41. The number of rotatable bonds is 1. The van der Waals surface area contributed by atoms with Crippen LogP contribution in [0.25, 0.3) is 11.3 Å². The zero-order valence-corrected chi connectivity index (χ0v) is 11.4. The van der Waals surface area contributed by atoms with Crippen LogP contribution in [0.1, 0.15) is 37.8 Å². The molecule has 2 aromatic rings. The van der Waals surface area contributed by atoms with Gasteiger partial charge in [0.1, 0.15) is 5.69 Å². The maximum atomic E-state index is 13.9. The summed E-state index contributed by atoms with van der Waals surface area (Å²) in [5.41, 5.74) is 2.03. The number of fused-ring (bicyclic) bond motifs is 1. The Hall–Kier alpha value is -1.49. The summed E-state index contributed by atoms with van der Waals surface area (Å²) in [4.78, 5) is 7.67. The van der Waals surface area contributed by atoms with Gasteiger partial charge in [-0.15, -0.1) is 0 Å². The lowest BCUT2D eigenvalue weighted by Gasteiger charge is -2.12. The summed E-state index contributed by atoms with van der Waals surface area (Å²) in [7, 11) is 0. The smallest absolute Gasteiger partial charge is 0.223 e. The lowest BCUT2D eigenvalue weighted by molar-refractivity contribution is 0.576. The largest absolute Gasteiger partial charge is 0.269 e. The van der Waals surface area contributed by atoms with E-state index in [1.54, 1.807) is 6.20 Å². The Morgan fingerprint density at radius 3 is 3.05 bits per heavy atom. The quantitative estimate of drug-likeness (QED) is 0.752. The maximum Gasteiger partial charge on any atom is 0.223 e. The standard InChI is InChI=1S/C13H14ClFN4/c1-8-4-2-3-5-19-12(8)9(6-17-19)11-10(15)7-16-13(14)18-11/h6-8H,2-5H2,1H3/t8-/m1/s1. The van der Waals surface area contributed by atoms with Gasteiger partial charge in [0.05, 0.1) is 18.1 Å². The average Bonchev–Trinajstić information content (AvgIpc) is 2.72. The van der Waals surface area contributed by atoms with Crippen LogP contribution < -0.4 is 0 Å². The fraction of sp³-hybridized carbons (Fsp3) is 0.462. The molecular weight excluding hydrogens is 267 g/mol. The molecule has 0 aromatic carbocycles. The Labute approximate surface area is 115 Å². The SMILES string of the molecule is C[C@@H]1CCCCn2ncc(-c3nc(Cl)ncc3F)c21. The van der Waals surface area contributed by atoms with Crippen LogP contribution in [-0.4, -0.2) is 19.7 Å². The highest BCUT2D eigenvalue weighted by molar-refractivity contribution is 6.28. The summed E-state index contributed by atoms with van der Waals surface area (Å²) in [5, 5.41) is 4.41. The van der Waals surface area contributed by atoms with E-state index in [0.717, 1.165) is 43.3 Å². The van der Waals surface area contributed by atoms with E-state index >= 15 is 0 Å². The first-order valence-corrected chi connectivity index (χ1v) is 6.78. The molecule has 0 spiro atoms. The van der Waals surface area contributed by atoms with Crippen molar-refractivity contribution in [2.45, 2.75) is 38.6 Å². The third kappa shape index (κ3) is 2.23. The van der Waals surface area contributed by atoms with Crippen LogP contribution >= 0.6 is 11.6 Å². The molecule has 1 aliphatic rings. The average molecular weight is 281 g/mol. The van der Waals surface area contributed by atoms with Crippen LogP contribution in [0.15, 0.2) is 12.4 Å². The molecule has 0 amide bonds. The number of hydrogen-bond donors (Lipinski definition) is 0. The second-order valence-corrected chi connectivity index (χ2v) is 5.24. The van der Waals surface area contributed by atoms with Crippen molar-refractivity contribution < 1.29 is 4.39 Å². The second-order valence-electron chi connectivity index (χ2n) is 4.90. The normalized spacial score (nSPS) is 19.0. The van der Waals surface area contributed by atoms with Gasteiger partial charge in [-0.3, -0.25) is 4.68 Å². The summed E-state index contributed by atoms with van der Waals surface area (Å²) in [5.74, 6) is -0.121. The van der Waals surface area contributed by atoms with E-state index in [4.69, 9.17) is 11.6 Å². The van der Waals surface area contributed by atoms with E-state index in [-0.39, 0.29) is 11.0 Å². The van der Waals surface area contributed by atoms with Crippen LogP contribution in [0, 0.1) is 5.82 Å². The van der Waals surface area contributed by atoms with Crippen LogP contribution in [0.4, 0.5) is 4.39 Å². The lowest BCUT2D eigenvalue weighted by atomic mass is 9.97. The summed E-state index contributed by atoms with van der Waals surface area (Å²) in [6.07, 6.45) is 6.14. The first-order chi connectivity index (χ1) is 9.16. The molecule has 3 heterocycles. The van der Waals surface area contributed by atoms with Crippen molar-refractivity contribution in [3.8, 4) is 11.3 Å².